The average Bonchev–Trinajstić information content (AvgIpc) is 2.39. The molecule has 2 heterocycles. The van der Waals surface area contributed by atoms with Crippen LogP contribution in [0.3, 0.4) is 0 Å². The molecule has 2 aliphatic heterocycles. The molecule has 3 heteroatoms. The number of piperidine rings is 1. The summed E-state index contributed by atoms with van der Waals surface area (Å²) in [5, 5.41) is 0. The lowest BCUT2D eigenvalue weighted by atomic mass is 9.88. The Labute approximate surface area is 112 Å². The normalized spacial score (nSPS) is 38.8. The number of hydrogen-bond donors (Lipinski definition) is 1. The summed E-state index contributed by atoms with van der Waals surface area (Å²) in [6, 6.07) is 1.33. The Morgan fingerprint density at radius 1 is 1.28 bits per heavy atom. The highest BCUT2D eigenvalue weighted by atomic mass is 16.5. The van der Waals surface area contributed by atoms with Crippen molar-refractivity contribution in [1.82, 2.24) is 4.90 Å². The van der Waals surface area contributed by atoms with Crippen LogP contribution in [0.25, 0.3) is 0 Å². The zero-order valence-corrected chi connectivity index (χ0v) is 12.1. The van der Waals surface area contributed by atoms with E-state index < -0.39 is 0 Å². The van der Waals surface area contributed by atoms with Crippen LogP contribution in [0, 0.1) is 5.92 Å². The maximum atomic E-state index is 5.98. The number of ether oxygens (including phenoxy) is 1. The minimum absolute atomic E-state index is 0.492. The third-order valence-corrected chi connectivity index (χ3v) is 4.71. The first kappa shape index (κ1) is 14.3. The van der Waals surface area contributed by atoms with Crippen LogP contribution in [-0.4, -0.2) is 42.8 Å². The fourth-order valence-electron chi connectivity index (χ4n) is 3.67. The van der Waals surface area contributed by atoms with Crippen LogP contribution in [0.5, 0.6) is 0 Å². The summed E-state index contributed by atoms with van der Waals surface area (Å²) < 4.78 is 5.87. The molecule has 2 saturated heterocycles. The van der Waals surface area contributed by atoms with Gasteiger partial charge in [-0.2, -0.15) is 0 Å². The summed E-state index contributed by atoms with van der Waals surface area (Å²) >= 11 is 0. The van der Waals surface area contributed by atoms with Gasteiger partial charge in [-0.1, -0.05) is 20.3 Å². The summed E-state index contributed by atoms with van der Waals surface area (Å²) in [4.78, 5) is 2.70. The summed E-state index contributed by atoms with van der Waals surface area (Å²) in [6.07, 6.45) is 7.98. The van der Waals surface area contributed by atoms with Gasteiger partial charge in [-0.05, 0) is 44.6 Å². The Morgan fingerprint density at radius 2 is 2.11 bits per heavy atom. The molecule has 2 aliphatic rings. The highest BCUT2D eigenvalue weighted by Crippen LogP contribution is 2.29. The van der Waals surface area contributed by atoms with E-state index in [1.165, 1.54) is 45.1 Å². The third-order valence-electron chi connectivity index (χ3n) is 4.71. The van der Waals surface area contributed by atoms with E-state index in [1.807, 2.05) is 0 Å². The minimum atomic E-state index is 0.492. The smallest absolute Gasteiger partial charge is 0.0590 e. The molecule has 0 saturated carbocycles. The van der Waals surface area contributed by atoms with E-state index in [9.17, 15) is 0 Å². The molecule has 0 aromatic carbocycles. The van der Waals surface area contributed by atoms with E-state index in [2.05, 4.69) is 18.7 Å². The number of rotatable bonds is 4. The Hall–Kier alpha value is -0.120. The molecule has 4 unspecified atom stereocenters. The number of nitrogens with two attached hydrogens (primary N) is 1. The summed E-state index contributed by atoms with van der Waals surface area (Å²) in [5.41, 5.74) is 5.98. The summed E-state index contributed by atoms with van der Waals surface area (Å²) in [5.74, 6) is 0.848. The molecule has 0 spiro atoms. The molecule has 0 radical (unpaired) electrons. The number of likely N-dealkylation sites (tertiary alicyclic amines) is 1. The fraction of sp³-hybridized carbons (Fsp3) is 1.00. The van der Waals surface area contributed by atoms with Crippen molar-refractivity contribution in [2.75, 3.05) is 19.7 Å². The topological polar surface area (TPSA) is 38.5 Å². The highest BCUT2D eigenvalue weighted by Gasteiger charge is 2.33. The molecular weight excluding hydrogens is 224 g/mol. The molecule has 2 rings (SSSR count). The fourth-order valence-corrected chi connectivity index (χ4v) is 3.67. The minimum Gasteiger partial charge on any atom is -0.378 e. The van der Waals surface area contributed by atoms with Crippen LogP contribution in [-0.2, 0) is 4.74 Å². The van der Waals surface area contributed by atoms with E-state index in [4.69, 9.17) is 10.5 Å². The second-order valence-corrected chi connectivity index (χ2v) is 6.22. The third kappa shape index (κ3) is 3.46. The molecule has 3 nitrogen and oxygen atoms in total. The van der Waals surface area contributed by atoms with Crippen molar-refractivity contribution >= 4 is 0 Å². The molecule has 2 fully saturated rings. The lowest BCUT2D eigenvalue weighted by Crippen LogP contribution is -2.53. The van der Waals surface area contributed by atoms with E-state index in [-0.39, 0.29) is 0 Å². The monoisotopic (exact) mass is 254 g/mol. The molecule has 0 aliphatic carbocycles. The van der Waals surface area contributed by atoms with E-state index in [1.54, 1.807) is 0 Å². The van der Waals surface area contributed by atoms with Crippen LogP contribution in [0.4, 0.5) is 0 Å². The van der Waals surface area contributed by atoms with Crippen molar-refractivity contribution in [3.05, 3.63) is 0 Å². The quantitative estimate of drug-likeness (QED) is 0.837. The van der Waals surface area contributed by atoms with E-state index in [0.717, 1.165) is 25.1 Å². The molecule has 0 aromatic rings. The van der Waals surface area contributed by atoms with Gasteiger partial charge in [0.05, 0.1) is 6.10 Å². The predicted molar refractivity (Wildman–Crippen MR) is 75.6 cm³/mol. The molecule has 0 amide bonds. The molecule has 0 bridgehead atoms. The van der Waals surface area contributed by atoms with Crippen LogP contribution in [0.15, 0.2) is 0 Å². The Bertz CT molecular complexity index is 245. The molecule has 4 atom stereocenters. The average molecular weight is 254 g/mol. The van der Waals surface area contributed by atoms with Crippen molar-refractivity contribution in [2.45, 2.75) is 70.6 Å². The van der Waals surface area contributed by atoms with Crippen molar-refractivity contribution in [3.63, 3.8) is 0 Å². The van der Waals surface area contributed by atoms with Crippen LogP contribution in [0.1, 0.15) is 52.4 Å². The lowest BCUT2D eigenvalue weighted by Gasteiger charge is -2.45. The van der Waals surface area contributed by atoms with E-state index >= 15 is 0 Å². The van der Waals surface area contributed by atoms with Crippen LogP contribution >= 0.6 is 0 Å². The lowest BCUT2D eigenvalue weighted by molar-refractivity contribution is -0.0489. The van der Waals surface area contributed by atoms with Gasteiger partial charge in [0.1, 0.15) is 0 Å². The second-order valence-electron chi connectivity index (χ2n) is 6.22. The van der Waals surface area contributed by atoms with Crippen LogP contribution in [0.2, 0.25) is 0 Å². The SMILES string of the molecule is CCCC1CC(N2CCC(C)CC2CN)CCO1. The largest absolute Gasteiger partial charge is 0.378 e. The second kappa shape index (κ2) is 6.88. The molecular formula is C15H30N2O. The first-order valence-electron chi connectivity index (χ1n) is 7.82. The van der Waals surface area contributed by atoms with Crippen molar-refractivity contribution in [1.29, 1.82) is 0 Å². The zero-order valence-electron chi connectivity index (χ0n) is 12.1. The van der Waals surface area contributed by atoms with Gasteiger partial charge < -0.3 is 10.5 Å². The maximum absolute atomic E-state index is 5.98. The Morgan fingerprint density at radius 3 is 2.83 bits per heavy atom. The number of hydrogen-bond acceptors (Lipinski definition) is 3. The van der Waals surface area contributed by atoms with Gasteiger partial charge in [0, 0.05) is 25.2 Å². The van der Waals surface area contributed by atoms with Crippen molar-refractivity contribution in [2.24, 2.45) is 11.7 Å². The first-order valence-corrected chi connectivity index (χ1v) is 7.82. The molecule has 2 N–H and O–H groups in total. The predicted octanol–water partition coefficient (Wildman–Crippen LogP) is 2.39. The van der Waals surface area contributed by atoms with E-state index in [0.29, 0.717) is 12.1 Å². The maximum Gasteiger partial charge on any atom is 0.0590 e. The summed E-state index contributed by atoms with van der Waals surface area (Å²) in [6.45, 7) is 7.62. The van der Waals surface area contributed by atoms with Crippen LogP contribution < -0.4 is 5.73 Å². The van der Waals surface area contributed by atoms with Crippen molar-refractivity contribution < 1.29 is 4.74 Å². The standard InChI is InChI=1S/C15H30N2O/c1-3-4-15-10-13(6-8-18-15)17-7-5-12(2)9-14(17)11-16/h12-15H,3-11,16H2,1-2H3. The molecule has 0 aromatic heterocycles. The molecule has 106 valence electrons. The zero-order chi connectivity index (χ0) is 13.0. The van der Waals surface area contributed by atoms with Gasteiger partial charge in [-0.3, -0.25) is 4.90 Å². The van der Waals surface area contributed by atoms with Gasteiger partial charge in [-0.15, -0.1) is 0 Å². The van der Waals surface area contributed by atoms with Gasteiger partial charge in [-0.25, -0.2) is 0 Å². The highest BCUT2D eigenvalue weighted by molar-refractivity contribution is 4.88. The molecule has 18 heavy (non-hydrogen) atoms. The first-order chi connectivity index (χ1) is 8.74. The Balaban J connectivity index is 1.92. The van der Waals surface area contributed by atoms with Gasteiger partial charge in [0.2, 0.25) is 0 Å². The van der Waals surface area contributed by atoms with Gasteiger partial charge in [0.15, 0.2) is 0 Å². The van der Waals surface area contributed by atoms with Gasteiger partial charge >= 0.3 is 0 Å². The van der Waals surface area contributed by atoms with Gasteiger partial charge in [0.25, 0.3) is 0 Å². The number of nitrogens with zero attached hydrogens (tertiary/aromatic N) is 1. The Kier molecular flexibility index (Phi) is 5.46. The van der Waals surface area contributed by atoms with Crippen molar-refractivity contribution in [3.8, 4) is 0 Å². The summed E-state index contributed by atoms with van der Waals surface area (Å²) in [7, 11) is 0.